The Labute approximate surface area is 96.9 Å². The van der Waals surface area contributed by atoms with Crippen molar-refractivity contribution in [1.82, 2.24) is 15.0 Å². The van der Waals surface area contributed by atoms with Crippen molar-refractivity contribution in [2.75, 3.05) is 7.11 Å². The molecule has 2 aromatic rings. The molecule has 2 rings (SSSR count). The van der Waals surface area contributed by atoms with Crippen LogP contribution in [-0.4, -0.2) is 33.1 Å². The highest BCUT2D eigenvalue weighted by molar-refractivity contribution is 5.95. The molecule has 6 heteroatoms. The number of ether oxygens (including phenoxy) is 1. The summed E-state index contributed by atoms with van der Waals surface area (Å²) in [7, 11) is 1.45. The van der Waals surface area contributed by atoms with Crippen LogP contribution in [0, 0.1) is 0 Å². The number of methoxy groups -OCH3 is 1. The Kier molecular flexibility index (Phi) is 2.95. The maximum atomic E-state index is 11.1. The lowest BCUT2D eigenvalue weighted by molar-refractivity contribution is 0.0697. The fourth-order valence-electron chi connectivity index (χ4n) is 1.43. The molecule has 1 N–H and O–H groups in total. The SMILES string of the molecule is COc1nccnc1-c1cnccc1C(=O)O. The van der Waals surface area contributed by atoms with E-state index < -0.39 is 5.97 Å². The van der Waals surface area contributed by atoms with Gasteiger partial charge in [0.1, 0.15) is 5.69 Å². The summed E-state index contributed by atoms with van der Waals surface area (Å²) in [4.78, 5) is 23.0. The van der Waals surface area contributed by atoms with Crippen molar-refractivity contribution in [2.45, 2.75) is 0 Å². The highest BCUT2D eigenvalue weighted by atomic mass is 16.5. The minimum Gasteiger partial charge on any atom is -0.479 e. The fraction of sp³-hybridized carbons (Fsp3) is 0.0909. The minimum absolute atomic E-state index is 0.110. The zero-order valence-electron chi connectivity index (χ0n) is 8.99. The highest BCUT2D eigenvalue weighted by Crippen LogP contribution is 2.27. The van der Waals surface area contributed by atoms with Crippen LogP contribution in [0.1, 0.15) is 10.4 Å². The van der Waals surface area contributed by atoms with Crippen molar-refractivity contribution < 1.29 is 14.6 Å². The number of aromatic carboxylic acids is 1. The first-order valence-corrected chi connectivity index (χ1v) is 4.76. The summed E-state index contributed by atoms with van der Waals surface area (Å²) in [5.41, 5.74) is 0.851. The molecule has 0 amide bonds. The van der Waals surface area contributed by atoms with Gasteiger partial charge in [-0.1, -0.05) is 0 Å². The number of rotatable bonds is 3. The van der Waals surface area contributed by atoms with Crippen LogP contribution in [0.15, 0.2) is 30.9 Å². The lowest BCUT2D eigenvalue weighted by atomic mass is 10.1. The number of hydrogen-bond donors (Lipinski definition) is 1. The number of carbonyl (C=O) groups is 1. The second-order valence-electron chi connectivity index (χ2n) is 3.14. The van der Waals surface area contributed by atoms with Gasteiger partial charge in [0.15, 0.2) is 0 Å². The second-order valence-corrected chi connectivity index (χ2v) is 3.14. The summed E-state index contributed by atoms with van der Waals surface area (Å²) in [6.45, 7) is 0. The zero-order valence-corrected chi connectivity index (χ0v) is 8.99. The van der Waals surface area contributed by atoms with E-state index in [1.807, 2.05) is 0 Å². The van der Waals surface area contributed by atoms with E-state index >= 15 is 0 Å². The molecule has 0 bridgehead atoms. The molecular weight excluding hydrogens is 222 g/mol. The molecule has 0 aliphatic carbocycles. The first-order chi connectivity index (χ1) is 8.24. The van der Waals surface area contributed by atoms with Gasteiger partial charge in [0.2, 0.25) is 5.88 Å². The van der Waals surface area contributed by atoms with Gasteiger partial charge in [-0.3, -0.25) is 4.98 Å². The van der Waals surface area contributed by atoms with E-state index in [-0.39, 0.29) is 11.4 Å². The fourth-order valence-corrected chi connectivity index (χ4v) is 1.43. The first-order valence-electron chi connectivity index (χ1n) is 4.76. The van der Waals surface area contributed by atoms with Crippen molar-refractivity contribution in [3.63, 3.8) is 0 Å². The lowest BCUT2D eigenvalue weighted by Crippen LogP contribution is -2.02. The highest BCUT2D eigenvalue weighted by Gasteiger charge is 2.16. The van der Waals surface area contributed by atoms with Crippen LogP contribution >= 0.6 is 0 Å². The minimum atomic E-state index is -1.05. The summed E-state index contributed by atoms with van der Waals surface area (Å²) in [5.74, 6) is -0.780. The Morgan fingerprint density at radius 3 is 2.76 bits per heavy atom. The van der Waals surface area contributed by atoms with E-state index in [9.17, 15) is 4.79 Å². The van der Waals surface area contributed by atoms with Gasteiger partial charge in [-0.25, -0.2) is 14.8 Å². The average Bonchev–Trinajstić information content (AvgIpc) is 2.38. The van der Waals surface area contributed by atoms with Crippen LogP contribution in [-0.2, 0) is 0 Å². The van der Waals surface area contributed by atoms with Crippen molar-refractivity contribution in [3.8, 4) is 17.1 Å². The van der Waals surface area contributed by atoms with Crippen LogP contribution in [0.4, 0.5) is 0 Å². The second kappa shape index (κ2) is 4.56. The van der Waals surface area contributed by atoms with E-state index in [4.69, 9.17) is 9.84 Å². The van der Waals surface area contributed by atoms with E-state index in [2.05, 4.69) is 15.0 Å². The summed E-state index contributed by atoms with van der Waals surface area (Å²) in [5, 5.41) is 9.07. The molecule has 0 saturated heterocycles. The van der Waals surface area contributed by atoms with Gasteiger partial charge in [0, 0.05) is 30.4 Å². The van der Waals surface area contributed by atoms with Crippen molar-refractivity contribution in [3.05, 3.63) is 36.4 Å². The van der Waals surface area contributed by atoms with Gasteiger partial charge < -0.3 is 9.84 Å². The zero-order chi connectivity index (χ0) is 12.3. The summed E-state index contributed by atoms with van der Waals surface area (Å²) >= 11 is 0. The summed E-state index contributed by atoms with van der Waals surface area (Å²) in [6.07, 6.45) is 5.78. The standard InChI is InChI=1S/C11H9N3O3/c1-17-10-9(13-4-5-14-10)8-6-12-3-2-7(8)11(15)16/h2-6H,1H3,(H,15,16). The molecule has 0 aliphatic rings. The Morgan fingerprint density at radius 2 is 2.06 bits per heavy atom. The molecule has 2 heterocycles. The lowest BCUT2D eigenvalue weighted by Gasteiger charge is -2.07. The van der Waals surface area contributed by atoms with Gasteiger partial charge >= 0.3 is 5.97 Å². The molecule has 2 aromatic heterocycles. The molecule has 0 fully saturated rings. The molecule has 0 spiro atoms. The molecule has 86 valence electrons. The first kappa shape index (κ1) is 11.0. The quantitative estimate of drug-likeness (QED) is 0.855. The van der Waals surface area contributed by atoms with Crippen LogP contribution in [0.2, 0.25) is 0 Å². The van der Waals surface area contributed by atoms with Crippen molar-refractivity contribution >= 4 is 5.97 Å². The van der Waals surface area contributed by atoms with E-state index in [0.29, 0.717) is 11.3 Å². The molecule has 0 aromatic carbocycles. The maximum absolute atomic E-state index is 11.1. The third-order valence-electron chi connectivity index (χ3n) is 2.16. The molecule has 0 saturated carbocycles. The molecule has 0 aliphatic heterocycles. The smallest absolute Gasteiger partial charge is 0.336 e. The normalized spacial score (nSPS) is 9.94. The number of aromatic nitrogens is 3. The topological polar surface area (TPSA) is 85.2 Å². The van der Waals surface area contributed by atoms with Crippen LogP contribution in [0.5, 0.6) is 5.88 Å². The average molecular weight is 231 g/mol. The maximum Gasteiger partial charge on any atom is 0.336 e. The van der Waals surface area contributed by atoms with Gasteiger partial charge in [-0.05, 0) is 6.07 Å². The molecule has 0 radical (unpaired) electrons. The Morgan fingerprint density at radius 1 is 1.29 bits per heavy atom. The Hall–Kier alpha value is -2.50. The van der Waals surface area contributed by atoms with Gasteiger partial charge in [0.25, 0.3) is 0 Å². The van der Waals surface area contributed by atoms with Gasteiger partial charge in [-0.15, -0.1) is 0 Å². The summed E-state index contributed by atoms with van der Waals surface area (Å²) < 4.78 is 5.04. The van der Waals surface area contributed by atoms with Gasteiger partial charge in [0.05, 0.1) is 12.7 Å². The van der Waals surface area contributed by atoms with E-state index in [1.165, 1.54) is 38.0 Å². The largest absolute Gasteiger partial charge is 0.479 e. The number of hydrogen-bond acceptors (Lipinski definition) is 5. The van der Waals surface area contributed by atoms with Crippen molar-refractivity contribution in [2.24, 2.45) is 0 Å². The van der Waals surface area contributed by atoms with Gasteiger partial charge in [-0.2, -0.15) is 0 Å². The molecular formula is C11H9N3O3. The van der Waals surface area contributed by atoms with Crippen LogP contribution in [0.25, 0.3) is 11.3 Å². The number of carboxylic acids is 1. The third-order valence-corrected chi connectivity index (χ3v) is 2.16. The third kappa shape index (κ3) is 2.05. The Bertz CT molecular complexity index is 557. The molecule has 17 heavy (non-hydrogen) atoms. The van der Waals surface area contributed by atoms with Crippen LogP contribution < -0.4 is 4.74 Å². The molecule has 6 nitrogen and oxygen atoms in total. The molecule has 0 unspecified atom stereocenters. The van der Waals surface area contributed by atoms with Crippen molar-refractivity contribution in [1.29, 1.82) is 0 Å². The Balaban J connectivity index is 2.64. The molecule has 0 atom stereocenters. The monoisotopic (exact) mass is 231 g/mol. The predicted molar refractivity (Wildman–Crippen MR) is 58.8 cm³/mol. The predicted octanol–water partition coefficient (Wildman–Crippen LogP) is 1.25. The number of nitrogens with zero attached hydrogens (tertiary/aromatic N) is 3. The summed E-state index contributed by atoms with van der Waals surface area (Å²) in [6, 6.07) is 1.41. The van der Waals surface area contributed by atoms with Crippen LogP contribution in [0.3, 0.4) is 0 Å². The number of pyridine rings is 1. The van der Waals surface area contributed by atoms with E-state index in [0.717, 1.165) is 0 Å². The number of carboxylic acid groups (broad SMARTS) is 1. The van der Waals surface area contributed by atoms with E-state index in [1.54, 1.807) is 0 Å².